The van der Waals surface area contributed by atoms with Crippen LogP contribution in [0.15, 0.2) is 24.4 Å². The van der Waals surface area contributed by atoms with E-state index < -0.39 is 5.97 Å². The summed E-state index contributed by atoms with van der Waals surface area (Å²) in [5.74, 6) is 0.828. The number of hydrogen-bond acceptors (Lipinski definition) is 5. The van der Waals surface area contributed by atoms with E-state index in [4.69, 9.17) is 14.7 Å². The molecule has 0 atom stereocenters. The molecule has 0 unspecified atom stereocenters. The second-order valence-corrected chi connectivity index (χ2v) is 4.31. The Labute approximate surface area is 115 Å². The summed E-state index contributed by atoms with van der Waals surface area (Å²) in [4.78, 5) is 15.8. The minimum absolute atomic E-state index is 0.366. The van der Waals surface area contributed by atoms with Crippen molar-refractivity contribution in [2.45, 2.75) is 6.54 Å². The molecule has 0 saturated carbocycles. The standard InChI is InChI=1S/C14H11N3O3/c1-19-14(18)9-2-3-11-12(6-9)20-5-4-17-8-10(7-15)16-13(11)17/h2-3,6,8H,4-5H2,1H3. The van der Waals surface area contributed by atoms with Gasteiger partial charge in [-0.3, -0.25) is 0 Å². The molecule has 1 aromatic heterocycles. The Morgan fingerprint density at radius 2 is 2.40 bits per heavy atom. The number of nitrogens with zero attached hydrogens (tertiary/aromatic N) is 3. The normalized spacial score (nSPS) is 12.4. The van der Waals surface area contributed by atoms with E-state index >= 15 is 0 Å². The molecule has 1 aliphatic heterocycles. The number of carbonyl (C=O) groups is 1. The van der Waals surface area contributed by atoms with Gasteiger partial charge in [0, 0.05) is 6.20 Å². The summed E-state index contributed by atoms with van der Waals surface area (Å²) >= 11 is 0. The molecule has 2 aromatic rings. The summed E-state index contributed by atoms with van der Waals surface area (Å²) in [7, 11) is 1.33. The maximum atomic E-state index is 11.5. The fraction of sp³-hybridized carbons (Fsp3) is 0.214. The number of rotatable bonds is 1. The molecule has 6 heteroatoms. The van der Waals surface area contributed by atoms with Crippen LogP contribution in [0.2, 0.25) is 0 Å². The van der Waals surface area contributed by atoms with Crippen LogP contribution >= 0.6 is 0 Å². The van der Waals surface area contributed by atoms with E-state index in [1.54, 1.807) is 24.4 Å². The van der Waals surface area contributed by atoms with Gasteiger partial charge in [0.25, 0.3) is 0 Å². The third kappa shape index (κ3) is 1.89. The highest BCUT2D eigenvalue weighted by Crippen LogP contribution is 2.32. The fourth-order valence-electron chi connectivity index (χ4n) is 2.18. The van der Waals surface area contributed by atoms with E-state index in [1.165, 1.54) is 7.11 Å². The molecule has 0 saturated heterocycles. The van der Waals surface area contributed by atoms with E-state index in [0.29, 0.717) is 36.0 Å². The fourth-order valence-corrected chi connectivity index (χ4v) is 2.18. The van der Waals surface area contributed by atoms with E-state index in [2.05, 4.69) is 4.98 Å². The molecule has 0 spiro atoms. The molecule has 3 rings (SSSR count). The first-order valence-corrected chi connectivity index (χ1v) is 6.05. The first-order valence-electron chi connectivity index (χ1n) is 6.05. The summed E-state index contributed by atoms with van der Waals surface area (Å²) in [6.45, 7) is 1.05. The number of esters is 1. The first-order chi connectivity index (χ1) is 9.72. The summed E-state index contributed by atoms with van der Waals surface area (Å²) in [5.41, 5.74) is 1.55. The number of fused-ring (bicyclic) bond motifs is 3. The van der Waals surface area contributed by atoms with E-state index in [9.17, 15) is 4.79 Å². The third-order valence-corrected chi connectivity index (χ3v) is 3.12. The van der Waals surface area contributed by atoms with E-state index in [1.807, 2.05) is 10.6 Å². The highest BCUT2D eigenvalue weighted by Gasteiger charge is 2.20. The lowest BCUT2D eigenvalue weighted by atomic mass is 10.1. The number of carbonyl (C=O) groups excluding carboxylic acids is 1. The average Bonchev–Trinajstić information content (AvgIpc) is 2.82. The van der Waals surface area contributed by atoms with Gasteiger partial charge in [-0.25, -0.2) is 9.78 Å². The van der Waals surface area contributed by atoms with Crippen LogP contribution in [0.3, 0.4) is 0 Å². The second kappa shape index (κ2) is 4.70. The minimum Gasteiger partial charge on any atom is -0.491 e. The number of hydrogen-bond donors (Lipinski definition) is 0. The van der Waals surface area contributed by atoms with Gasteiger partial charge >= 0.3 is 5.97 Å². The van der Waals surface area contributed by atoms with Crippen LogP contribution in [0.25, 0.3) is 11.4 Å². The predicted molar refractivity (Wildman–Crippen MR) is 69.2 cm³/mol. The molecule has 0 fully saturated rings. The first kappa shape index (κ1) is 12.2. The topological polar surface area (TPSA) is 77.1 Å². The van der Waals surface area contributed by atoms with Gasteiger partial charge in [-0.05, 0) is 18.2 Å². The van der Waals surface area contributed by atoms with Crippen LogP contribution in [0.5, 0.6) is 5.75 Å². The minimum atomic E-state index is -0.415. The quantitative estimate of drug-likeness (QED) is 0.735. The average molecular weight is 269 g/mol. The molecule has 2 heterocycles. The Balaban J connectivity index is 2.13. The maximum absolute atomic E-state index is 11.5. The van der Waals surface area contributed by atoms with Crippen molar-refractivity contribution in [3.63, 3.8) is 0 Å². The highest BCUT2D eigenvalue weighted by atomic mass is 16.5. The third-order valence-electron chi connectivity index (χ3n) is 3.12. The molecular weight excluding hydrogens is 258 g/mol. The lowest BCUT2D eigenvalue weighted by Crippen LogP contribution is -2.05. The maximum Gasteiger partial charge on any atom is 0.337 e. The molecule has 0 N–H and O–H groups in total. The van der Waals surface area contributed by atoms with Gasteiger partial charge in [0.1, 0.15) is 24.3 Å². The molecule has 0 aliphatic carbocycles. The van der Waals surface area contributed by atoms with Crippen molar-refractivity contribution < 1.29 is 14.3 Å². The summed E-state index contributed by atoms with van der Waals surface area (Å²) < 4.78 is 12.2. The van der Waals surface area contributed by atoms with Crippen molar-refractivity contribution in [2.24, 2.45) is 0 Å². The zero-order valence-corrected chi connectivity index (χ0v) is 10.8. The van der Waals surface area contributed by atoms with Crippen LogP contribution in [0, 0.1) is 11.3 Å². The summed E-state index contributed by atoms with van der Waals surface area (Å²) in [6, 6.07) is 7.08. The number of nitriles is 1. The second-order valence-electron chi connectivity index (χ2n) is 4.31. The largest absolute Gasteiger partial charge is 0.491 e. The Bertz CT molecular complexity index is 728. The number of aromatic nitrogens is 2. The number of imidazole rings is 1. The summed E-state index contributed by atoms with van der Waals surface area (Å²) in [5, 5.41) is 8.94. The van der Waals surface area contributed by atoms with Crippen molar-refractivity contribution in [2.75, 3.05) is 13.7 Å². The van der Waals surface area contributed by atoms with Crippen LogP contribution in [0.4, 0.5) is 0 Å². The Hall–Kier alpha value is -2.81. The molecule has 1 aliphatic rings. The molecule has 1 aromatic carbocycles. The van der Waals surface area contributed by atoms with Gasteiger partial charge in [0.05, 0.1) is 24.8 Å². The van der Waals surface area contributed by atoms with Gasteiger partial charge in [0.2, 0.25) is 0 Å². The van der Waals surface area contributed by atoms with Crippen molar-refractivity contribution in [3.05, 3.63) is 35.7 Å². The molecule has 20 heavy (non-hydrogen) atoms. The highest BCUT2D eigenvalue weighted by molar-refractivity contribution is 5.91. The molecule has 6 nitrogen and oxygen atoms in total. The number of methoxy groups -OCH3 is 1. The lowest BCUT2D eigenvalue weighted by molar-refractivity contribution is 0.0600. The van der Waals surface area contributed by atoms with Gasteiger partial charge in [-0.2, -0.15) is 5.26 Å². The number of benzene rings is 1. The van der Waals surface area contributed by atoms with E-state index in [-0.39, 0.29) is 0 Å². The zero-order chi connectivity index (χ0) is 14.1. The summed E-state index contributed by atoms with van der Waals surface area (Å²) in [6.07, 6.45) is 1.70. The molecular formula is C14H11N3O3. The van der Waals surface area contributed by atoms with Crippen molar-refractivity contribution >= 4 is 5.97 Å². The van der Waals surface area contributed by atoms with Crippen molar-refractivity contribution in [1.82, 2.24) is 9.55 Å². The van der Waals surface area contributed by atoms with Gasteiger partial charge in [0.15, 0.2) is 5.69 Å². The lowest BCUT2D eigenvalue weighted by Gasteiger charge is -2.07. The monoisotopic (exact) mass is 269 g/mol. The van der Waals surface area contributed by atoms with Crippen LogP contribution in [-0.2, 0) is 11.3 Å². The van der Waals surface area contributed by atoms with Crippen LogP contribution in [-0.4, -0.2) is 29.2 Å². The molecule has 0 bridgehead atoms. The molecule has 0 radical (unpaired) electrons. The molecule has 0 amide bonds. The van der Waals surface area contributed by atoms with Crippen molar-refractivity contribution in [1.29, 1.82) is 5.26 Å². The number of ether oxygens (including phenoxy) is 2. The van der Waals surface area contributed by atoms with Gasteiger partial charge in [-0.15, -0.1) is 0 Å². The van der Waals surface area contributed by atoms with Gasteiger partial charge < -0.3 is 14.0 Å². The van der Waals surface area contributed by atoms with E-state index in [0.717, 1.165) is 5.56 Å². The predicted octanol–water partition coefficient (Wildman–Crippen LogP) is 1.60. The smallest absolute Gasteiger partial charge is 0.337 e. The Morgan fingerprint density at radius 3 is 3.15 bits per heavy atom. The van der Waals surface area contributed by atoms with Crippen LogP contribution < -0.4 is 4.74 Å². The van der Waals surface area contributed by atoms with Crippen LogP contribution in [0.1, 0.15) is 16.1 Å². The Morgan fingerprint density at radius 1 is 1.55 bits per heavy atom. The SMILES string of the molecule is COC(=O)c1ccc2c(c1)OCCn1cc(C#N)nc1-2. The van der Waals surface area contributed by atoms with Gasteiger partial charge in [-0.1, -0.05) is 0 Å². The zero-order valence-electron chi connectivity index (χ0n) is 10.8. The van der Waals surface area contributed by atoms with Crippen molar-refractivity contribution in [3.8, 4) is 23.2 Å². The molecule has 100 valence electrons. The Kier molecular flexibility index (Phi) is 2.88.